The quantitative estimate of drug-likeness (QED) is 0.801. The van der Waals surface area contributed by atoms with Crippen molar-refractivity contribution in [3.63, 3.8) is 0 Å². The molecule has 4 heteroatoms. The standard InChI is InChI=1S/C17H24N2OS/c1-3-18-9-17-13(2)8-16(20-17)11-19(15-4-5-15)10-14-6-7-21-12-14/h6-8,12,15,18H,3-5,9-11H2,1-2H3. The lowest BCUT2D eigenvalue weighted by atomic mass is 10.2. The number of nitrogens with zero attached hydrogens (tertiary/aromatic N) is 1. The second kappa shape index (κ2) is 6.77. The molecular formula is C17H24N2OS. The van der Waals surface area contributed by atoms with Crippen LogP contribution in [-0.4, -0.2) is 17.5 Å². The van der Waals surface area contributed by atoms with Gasteiger partial charge in [0.25, 0.3) is 0 Å². The van der Waals surface area contributed by atoms with Gasteiger partial charge in [0.1, 0.15) is 11.5 Å². The predicted octanol–water partition coefficient (Wildman–Crippen LogP) is 3.92. The first-order chi connectivity index (χ1) is 10.3. The summed E-state index contributed by atoms with van der Waals surface area (Å²) in [5, 5.41) is 7.75. The fourth-order valence-corrected chi connectivity index (χ4v) is 3.31. The van der Waals surface area contributed by atoms with Crippen LogP contribution in [0.2, 0.25) is 0 Å². The molecule has 0 unspecified atom stereocenters. The van der Waals surface area contributed by atoms with Crippen molar-refractivity contribution in [3.8, 4) is 0 Å². The van der Waals surface area contributed by atoms with E-state index in [2.05, 4.69) is 47.0 Å². The summed E-state index contributed by atoms with van der Waals surface area (Å²) < 4.78 is 6.04. The summed E-state index contributed by atoms with van der Waals surface area (Å²) in [6.45, 7) is 8.02. The van der Waals surface area contributed by atoms with Gasteiger partial charge in [0.05, 0.1) is 13.1 Å². The van der Waals surface area contributed by atoms with Crippen LogP contribution >= 0.6 is 11.3 Å². The number of hydrogen-bond donors (Lipinski definition) is 1. The summed E-state index contributed by atoms with van der Waals surface area (Å²) in [5.74, 6) is 2.18. The Balaban J connectivity index is 1.65. The maximum absolute atomic E-state index is 6.04. The molecule has 1 saturated carbocycles. The first-order valence-corrected chi connectivity index (χ1v) is 8.74. The lowest BCUT2D eigenvalue weighted by molar-refractivity contribution is 0.223. The van der Waals surface area contributed by atoms with Crippen molar-refractivity contribution in [3.05, 3.63) is 45.5 Å². The van der Waals surface area contributed by atoms with Crippen molar-refractivity contribution in [2.45, 2.75) is 52.4 Å². The Labute approximate surface area is 131 Å². The summed E-state index contributed by atoms with van der Waals surface area (Å²) >= 11 is 1.78. The lowest BCUT2D eigenvalue weighted by Gasteiger charge is -2.20. The van der Waals surface area contributed by atoms with Gasteiger partial charge in [-0.25, -0.2) is 0 Å². The van der Waals surface area contributed by atoms with Crippen LogP contribution in [0.3, 0.4) is 0 Å². The van der Waals surface area contributed by atoms with Gasteiger partial charge < -0.3 is 9.73 Å². The molecule has 1 fully saturated rings. The first kappa shape index (κ1) is 14.8. The van der Waals surface area contributed by atoms with Gasteiger partial charge in [-0.05, 0) is 60.3 Å². The van der Waals surface area contributed by atoms with Crippen LogP contribution in [0.4, 0.5) is 0 Å². The lowest BCUT2D eigenvalue weighted by Crippen LogP contribution is -2.24. The third-order valence-electron chi connectivity index (χ3n) is 4.00. The number of thiophene rings is 1. The Kier molecular flexibility index (Phi) is 4.78. The van der Waals surface area contributed by atoms with Crippen LogP contribution in [-0.2, 0) is 19.6 Å². The fourth-order valence-electron chi connectivity index (χ4n) is 2.65. The monoisotopic (exact) mass is 304 g/mol. The molecule has 0 radical (unpaired) electrons. The molecule has 114 valence electrons. The van der Waals surface area contributed by atoms with Gasteiger partial charge in [0, 0.05) is 12.6 Å². The highest BCUT2D eigenvalue weighted by Crippen LogP contribution is 2.31. The molecule has 0 aromatic carbocycles. The molecule has 0 aliphatic heterocycles. The van der Waals surface area contributed by atoms with Crippen molar-refractivity contribution in [2.75, 3.05) is 6.54 Å². The number of hydrogen-bond acceptors (Lipinski definition) is 4. The first-order valence-electron chi connectivity index (χ1n) is 7.80. The summed E-state index contributed by atoms with van der Waals surface area (Å²) in [7, 11) is 0. The minimum atomic E-state index is 0.743. The predicted molar refractivity (Wildman–Crippen MR) is 87.4 cm³/mol. The maximum Gasteiger partial charge on any atom is 0.120 e. The number of nitrogens with one attached hydrogen (secondary N) is 1. The Morgan fingerprint density at radius 2 is 2.24 bits per heavy atom. The average molecular weight is 304 g/mol. The molecule has 2 aromatic heterocycles. The van der Waals surface area contributed by atoms with Crippen LogP contribution in [0.5, 0.6) is 0 Å². The molecule has 2 heterocycles. The van der Waals surface area contributed by atoms with Gasteiger partial charge in [0.2, 0.25) is 0 Å². The summed E-state index contributed by atoms with van der Waals surface area (Å²) in [4.78, 5) is 2.55. The second-order valence-corrected chi connectivity index (χ2v) is 6.65. The largest absolute Gasteiger partial charge is 0.463 e. The number of furan rings is 1. The zero-order valence-corrected chi connectivity index (χ0v) is 13.7. The van der Waals surface area contributed by atoms with Crippen LogP contribution in [0.25, 0.3) is 0 Å². The van der Waals surface area contributed by atoms with Gasteiger partial charge in [-0.3, -0.25) is 4.90 Å². The van der Waals surface area contributed by atoms with Crippen molar-refractivity contribution in [1.29, 1.82) is 0 Å². The van der Waals surface area contributed by atoms with E-state index < -0.39 is 0 Å². The van der Waals surface area contributed by atoms with E-state index in [4.69, 9.17) is 4.42 Å². The molecule has 1 aliphatic carbocycles. The number of aryl methyl sites for hydroxylation is 1. The third kappa shape index (κ3) is 3.96. The van der Waals surface area contributed by atoms with E-state index in [-0.39, 0.29) is 0 Å². The van der Waals surface area contributed by atoms with Gasteiger partial charge in [-0.1, -0.05) is 6.92 Å². The molecule has 2 aromatic rings. The molecule has 1 N–H and O–H groups in total. The van der Waals surface area contributed by atoms with E-state index in [1.54, 1.807) is 11.3 Å². The Morgan fingerprint density at radius 3 is 2.90 bits per heavy atom. The van der Waals surface area contributed by atoms with E-state index >= 15 is 0 Å². The molecule has 0 atom stereocenters. The summed E-state index contributed by atoms with van der Waals surface area (Å²) in [6.07, 6.45) is 2.65. The molecule has 0 bridgehead atoms. The van der Waals surface area contributed by atoms with Crippen molar-refractivity contribution >= 4 is 11.3 Å². The van der Waals surface area contributed by atoms with E-state index in [1.165, 1.54) is 24.0 Å². The van der Waals surface area contributed by atoms with E-state index in [0.717, 1.165) is 43.7 Å². The third-order valence-corrected chi connectivity index (χ3v) is 4.73. The summed E-state index contributed by atoms with van der Waals surface area (Å²) in [6, 6.07) is 5.17. The average Bonchev–Trinajstić information content (AvgIpc) is 3.09. The molecule has 3 nitrogen and oxygen atoms in total. The number of rotatable bonds is 8. The zero-order valence-electron chi connectivity index (χ0n) is 12.9. The minimum absolute atomic E-state index is 0.743. The highest BCUT2D eigenvalue weighted by atomic mass is 32.1. The highest BCUT2D eigenvalue weighted by Gasteiger charge is 2.29. The molecule has 0 spiro atoms. The molecular weight excluding hydrogens is 280 g/mol. The normalized spacial score (nSPS) is 15.0. The topological polar surface area (TPSA) is 28.4 Å². The minimum Gasteiger partial charge on any atom is -0.463 e. The van der Waals surface area contributed by atoms with Crippen molar-refractivity contribution < 1.29 is 4.42 Å². The van der Waals surface area contributed by atoms with Crippen LogP contribution < -0.4 is 5.32 Å². The zero-order chi connectivity index (χ0) is 14.7. The molecule has 0 amide bonds. The molecule has 1 aliphatic rings. The SMILES string of the molecule is CCNCc1oc(CN(Cc2ccsc2)C2CC2)cc1C. The molecule has 0 saturated heterocycles. The van der Waals surface area contributed by atoms with Crippen LogP contribution in [0.1, 0.15) is 42.4 Å². The van der Waals surface area contributed by atoms with Gasteiger partial charge in [0.15, 0.2) is 0 Å². The van der Waals surface area contributed by atoms with Crippen LogP contribution in [0.15, 0.2) is 27.3 Å². The van der Waals surface area contributed by atoms with Gasteiger partial charge in [-0.15, -0.1) is 0 Å². The van der Waals surface area contributed by atoms with Crippen molar-refractivity contribution in [2.24, 2.45) is 0 Å². The smallest absolute Gasteiger partial charge is 0.120 e. The van der Waals surface area contributed by atoms with Gasteiger partial charge in [-0.2, -0.15) is 11.3 Å². The molecule has 3 rings (SSSR count). The fraction of sp³-hybridized carbons (Fsp3) is 0.529. The summed E-state index contributed by atoms with van der Waals surface area (Å²) in [5.41, 5.74) is 2.68. The van der Waals surface area contributed by atoms with Crippen LogP contribution in [0, 0.1) is 6.92 Å². The Morgan fingerprint density at radius 1 is 1.38 bits per heavy atom. The highest BCUT2D eigenvalue weighted by molar-refractivity contribution is 7.07. The second-order valence-electron chi connectivity index (χ2n) is 5.87. The van der Waals surface area contributed by atoms with E-state index in [0.29, 0.717) is 0 Å². The van der Waals surface area contributed by atoms with E-state index in [9.17, 15) is 0 Å². The Hall–Kier alpha value is -1.10. The Bertz CT molecular complexity index is 557. The van der Waals surface area contributed by atoms with Gasteiger partial charge >= 0.3 is 0 Å². The maximum atomic E-state index is 6.04. The van der Waals surface area contributed by atoms with Crippen molar-refractivity contribution in [1.82, 2.24) is 10.2 Å². The van der Waals surface area contributed by atoms with E-state index in [1.807, 2.05) is 0 Å². The molecule has 21 heavy (non-hydrogen) atoms.